The second-order valence-corrected chi connectivity index (χ2v) is 6.46. The van der Waals surface area contributed by atoms with Crippen LogP contribution in [0, 0.1) is 13.8 Å². The van der Waals surface area contributed by atoms with Gasteiger partial charge < -0.3 is 15.4 Å². The van der Waals surface area contributed by atoms with Crippen molar-refractivity contribution in [1.29, 1.82) is 0 Å². The van der Waals surface area contributed by atoms with Crippen LogP contribution in [-0.4, -0.2) is 18.0 Å². The molecular weight excluding hydrogens is 338 g/mol. The minimum absolute atomic E-state index is 0.163. The third-order valence-corrected chi connectivity index (χ3v) is 4.17. The van der Waals surface area contributed by atoms with E-state index in [1.165, 1.54) is 5.56 Å². The minimum Gasteiger partial charge on any atom is -0.495 e. The molecule has 1 heterocycles. The number of rotatable bonds is 6. The Morgan fingerprint density at radius 2 is 1.85 bits per heavy atom. The fourth-order valence-corrected chi connectivity index (χ4v) is 2.81. The molecule has 0 aliphatic carbocycles. The Kier molecular flexibility index (Phi) is 5.71. The van der Waals surface area contributed by atoms with E-state index in [2.05, 4.69) is 21.7 Å². The number of benzene rings is 2. The number of hydrogen-bond acceptors (Lipinski definition) is 4. The van der Waals surface area contributed by atoms with Crippen LogP contribution in [0.2, 0.25) is 0 Å². The number of ether oxygens (including phenoxy) is 1. The molecular formula is C22H23N3O2. The van der Waals surface area contributed by atoms with Crippen LogP contribution in [0.4, 0.5) is 11.4 Å². The Bertz CT molecular complexity index is 954. The summed E-state index contributed by atoms with van der Waals surface area (Å²) in [5, 5.41) is 6.21. The normalized spacial score (nSPS) is 10.3. The predicted molar refractivity (Wildman–Crippen MR) is 108 cm³/mol. The molecule has 138 valence electrons. The number of nitrogens with one attached hydrogen (secondary N) is 2. The van der Waals surface area contributed by atoms with Crippen LogP contribution in [0.25, 0.3) is 0 Å². The highest BCUT2D eigenvalue weighted by Gasteiger charge is 2.09. The Morgan fingerprint density at radius 1 is 1.04 bits per heavy atom. The first kappa shape index (κ1) is 18.5. The van der Waals surface area contributed by atoms with Gasteiger partial charge in [0.25, 0.3) is 5.91 Å². The highest BCUT2D eigenvalue weighted by Crippen LogP contribution is 2.28. The van der Waals surface area contributed by atoms with Crippen LogP contribution < -0.4 is 15.4 Å². The average Bonchev–Trinajstić information content (AvgIpc) is 2.66. The highest BCUT2D eigenvalue weighted by atomic mass is 16.5. The standard InChI is InChI=1S/C22H23N3O2/c1-15-5-4-6-17(9-15)12-24-22(26)18-11-19(14-23-13-18)25-20-10-16(2)7-8-21(20)27-3/h4-11,13-14,25H,12H2,1-3H3,(H,24,26). The van der Waals surface area contributed by atoms with Gasteiger partial charge in [0.05, 0.1) is 30.2 Å². The number of pyridine rings is 1. The van der Waals surface area contributed by atoms with E-state index in [1.807, 2.05) is 50.2 Å². The van der Waals surface area contributed by atoms with Gasteiger partial charge in [-0.2, -0.15) is 0 Å². The molecule has 0 spiro atoms. The van der Waals surface area contributed by atoms with Gasteiger partial charge in [0.2, 0.25) is 0 Å². The van der Waals surface area contributed by atoms with Crippen molar-refractivity contribution in [3.63, 3.8) is 0 Å². The Labute approximate surface area is 159 Å². The van der Waals surface area contributed by atoms with E-state index in [9.17, 15) is 4.79 Å². The van der Waals surface area contributed by atoms with Crippen LogP contribution in [-0.2, 0) is 6.54 Å². The summed E-state index contributed by atoms with van der Waals surface area (Å²) in [6.07, 6.45) is 3.24. The van der Waals surface area contributed by atoms with Gasteiger partial charge in [0.1, 0.15) is 5.75 Å². The molecule has 5 heteroatoms. The quantitative estimate of drug-likeness (QED) is 0.684. The molecule has 3 aromatic rings. The second kappa shape index (κ2) is 8.36. The summed E-state index contributed by atoms with van der Waals surface area (Å²) in [5.74, 6) is 0.568. The molecule has 27 heavy (non-hydrogen) atoms. The molecule has 0 radical (unpaired) electrons. The Balaban J connectivity index is 1.71. The lowest BCUT2D eigenvalue weighted by atomic mass is 10.1. The van der Waals surface area contributed by atoms with Gasteiger partial charge in [-0.3, -0.25) is 9.78 Å². The maximum Gasteiger partial charge on any atom is 0.253 e. The molecule has 0 aliphatic rings. The third kappa shape index (κ3) is 4.85. The van der Waals surface area contributed by atoms with Crippen molar-refractivity contribution < 1.29 is 9.53 Å². The van der Waals surface area contributed by atoms with E-state index in [-0.39, 0.29) is 5.91 Å². The lowest BCUT2D eigenvalue weighted by Crippen LogP contribution is -2.23. The van der Waals surface area contributed by atoms with Crippen molar-refractivity contribution in [2.45, 2.75) is 20.4 Å². The van der Waals surface area contributed by atoms with Crippen LogP contribution >= 0.6 is 0 Å². The van der Waals surface area contributed by atoms with E-state index in [0.717, 1.165) is 28.3 Å². The summed E-state index contributed by atoms with van der Waals surface area (Å²) < 4.78 is 5.39. The summed E-state index contributed by atoms with van der Waals surface area (Å²) in [5.41, 5.74) is 5.40. The van der Waals surface area contributed by atoms with Gasteiger partial charge in [-0.1, -0.05) is 35.9 Å². The third-order valence-electron chi connectivity index (χ3n) is 4.17. The Morgan fingerprint density at radius 3 is 2.63 bits per heavy atom. The molecule has 1 amide bonds. The van der Waals surface area contributed by atoms with E-state index in [4.69, 9.17) is 4.74 Å². The van der Waals surface area contributed by atoms with Crippen molar-refractivity contribution in [3.8, 4) is 5.75 Å². The van der Waals surface area contributed by atoms with Gasteiger partial charge in [0.15, 0.2) is 0 Å². The molecule has 5 nitrogen and oxygen atoms in total. The fourth-order valence-electron chi connectivity index (χ4n) is 2.81. The molecule has 0 aliphatic heterocycles. The number of hydrogen-bond donors (Lipinski definition) is 2. The lowest BCUT2D eigenvalue weighted by molar-refractivity contribution is 0.0950. The zero-order valence-electron chi connectivity index (χ0n) is 15.7. The number of anilines is 2. The minimum atomic E-state index is -0.163. The smallest absolute Gasteiger partial charge is 0.253 e. The highest BCUT2D eigenvalue weighted by molar-refractivity contribution is 5.94. The van der Waals surface area contributed by atoms with Crippen LogP contribution in [0.15, 0.2) is 60.9 Å². The van der Waals surface area contributed by atoms with Crippen LogP contribution in [0.1, 0.15) is 27.0 Å². The SMILES string of the molecule is COc1ccc(C)cc1Nc1cncc(C(=O)NCc2cccc(C)c2)c1. The van der Waals surface area contributed by atoms with Crippen molar-refractivity contribution >= 4 is 17.3 Å². The maximum atomic E-state index is 12.5. The molecule has 1 aromatic heterocycles. The monoisotopic (exact) mass is 361 g/mol. The van der Waals surface area contributed by atoms with Gasteiger partial charge in [-0.05, 0) is 43.2 Å². The van der Waals surface area contributed by atoms with E-state index >= 15 is 0 Å². The maximum absolute atomic E-state index is 12.5. The average molecular weight is 361 g/mol. The molecule has 0 saturated heterocycles. The van der Waals surface area contributed by atoms with Gasteiger partial charge >= 0.3 is 0 Å². The van der Waals surface area contributed by atoms with Gasteiger partial charge in [-0.25, -0.2) is 0 Å². The van der Waals surface area contributed by atoms with Crippen LogP contribution in [0.5, 0.6) is 5.75 Å². The number of carbonyl (C=O) groups excluding carboxylic acids is 1. The molecule has 0 fully saturated rings. The Hall–Kier alpha value is -3.34. The van der Waals surface area contributed by atoms with Crippen molar-refractivity contribution in [2.75, 3.05) is 12.4 Å². The summed E-state index contributed by atoms with van der Waals surface area (Å²) >= 11 is 0. The second-order valence-electron chi connectivity index (χ2n) is 6.46. The molecule has 0 atom stereocenters. The summed E-state index contributed by atoms with van der Waals surface area (Å²) in [4.78, 5) is 16.7. The van der Waals surface area contributed by atoms with E-state index in [1.54, 1.807) is 25.6 Å². The van der Waals surface area contributed by atoms with Gasteiger partial charge in [0, 0.05) is 12.7 Å². The fraction of sp³-hybridized carbons (Fsp3) is 0.182. The largest absolute Gasteiger partial charge is 0.495 e. The van der Waals surface area contributed by atoms with E-state index < -0.39 is 0 Å². The summed E-state index contributed by atoms with van der Waals surface area (Å²) in [6.45, 7) is 4.52. The zero-order valence-corrected chi connectivity index (χ0v) is 15.7. The topological polar surface area (TPSA) is 63.2 Å². The molecule has 3 rings (SSSR count). The zero-order chi connectivity index (χ0) is 19.2. The first-order valence-electron chi connectivity index (χ1n) is 8.75. The number of amides is 1. The van der Waals surface area contributed by atoms with Crippen molar-refractivity contribution in [3.05, 3.63) is 83.2 Å². The van der Waals surface area contributed by atoms with Crippen molar-refractivity contribution in [1.82, 2.24) is 10.3 Å². The lowest BCUT2D eigenvalue weighted by Gasteiger charge is -2.12. The molecule has 0 bridgehead atoms. The molecule has 0 saturated carbocycles. The molecule has 2 N–H and O–H groups in total. The number of methoxy groups -OCH3 is 1. The molecule has 2 aromatic carbocycles. The van der Waals surface area contributed by atoms with Crippen LogP contribution in [0.3, 0.4) is 0 Å². The first-order chi connectivity index (χ1) is 13.0. The van der Waals surface area contributed by atoms with Crippen molar-refractivity contribution in [2.24, 2.45) is 0 Å². The van der Waals surface area contributed by atoms with Gasteiger partial charge in [-0.15, -0.1) is 0 Å². The number of aromatic nitrogens is 1. The number of nitrogens with zero attached hydrogens (tertiary/aromatic N) is 1. The van der Waals surface area contributed by atoms with E-state index in [0.29, 0.717) is 12.1 Å². The summed E-state index contributed by atoms with van der Waals surface area (Å²) in [7, 11) is 1.63. The first-order valence-corrected chi connectivity index (χ1v) is 8.75. The number of carbonyl (C=O) groups is 1. The molecule has 0 unspecified atom stereocenters. The predicted octanol–water partition coefficient (Wildman–Crippen LogP) is 4.38. The summed E-state index contributed by atoms with van der Waals surface area (Å²) in [6, 6.07) is 15.7. The number of aryl methyl sites for hydroxylation is 2.